The molecule has 3 rings (SSSR count). The first-order valence-corrected chi connectivity index (χ1v) is 5.71. The molecule has 1 aromatic carbocycles. The van der Waals surface area contributed by atoms with Crippen molar-refractivity contribution in [1.82, 2.24) is 9.88 Å². The number of carbonyl (C=O) groups is 1. The predicted molar refractivity (Wildman–Crippen MR) is 63.4 cm³/mol. The normalized spacial score (nSPS) is 15.2. The van der Waals surface area contributed by atoms with E-state index in [1.54, 1.807) is 23.7 Å². The Morgan fingerprint density at radius 2 is 2.24 bits per heavy atom. The van der Waals surface area contributed by atoms with E-state index in [0.29, 0.717) is 17.1 Å². The average Bonchev–Trinajstić information content (AvgIpc) is 3.04. The number of aryl methyl sites for hydroxylation is 1. The van der Waals surface area contributed by atoms with E-state index in [4.69, 9.17) is 0 Å². The lowest BCUT2D eigenvalue weighted by atomic mass is 10.2. The average molecular weight is 232 g/mol. The first-order chi connectivity index (χ1) is 8.16. The largest absolute Gasteiger partial charge is 0.348 e. The maximum Gasteiger partial charge on any atom is 0.268 e. The Labute approximate surface area is 98.2 Å². The minimum atomic E-state index is -0.288. The monoisotopic (exact) mass is 232 g/mol. The second kappa shape index (κ2) is 3.58. The zero-order valence-electron chi connectivity index (χ0n) is 9.53. The maximum absolute atomic E-state index is 13.6. The van der Waals surface area contributed by atoms with Gasteiger partial charge in [-0.1, -0.05) is 6.07 Å². The van der Waals surface area contributed by atoms with E-state index in [9.17, 15) is 9.18 Å². The van der Waals surface area contributed by atoms with Gasteiger partial charge in [-0.05, 0) is 31.0 Å². The minimum Gasteiger partial charge on any atom is -0.348 e. The van der Waals surface area contributed by atoms with Gasteiger partial charge < -0.3 is 9.88 Å². The summed E-state index contributed by atoms with van der Waals surface area (Å²) in [4.78, 5) is 11.9. The molecule has 1 N–H and O–H groups in total. The highest BCUT2D eigenvalue weighted by Crippen LogP contribution is 2.23. The molecule has 1 saturated carbocycles. The second-order valence-corrected chi connectivity index (χ2v) is 4.51. The van der Waals surface area contributed by atoms with Crippen LogP contribution in [-0.4, -0.2) is 16.5 Å². The van der Waals surface area contributed by atoms with Crippen LogP contribution in [0.5, 0.6) is 0 Å². The molecule has 4 heteroatoms. The lowest BCUT2D eigenvalue weighted by molar-refractivity contribution is 0.0943. The molecule has 1 aromatic heterocycles. The van der Waals surface area contributed by atoms with Crippen molar-refractivity contribution in [2.45, 2.75) is 18.9 Å². The third kappa shape index (κ3) is 1.69. The van der Waals surface area contributed by atoms with Gasteiger partial charge in [-0.3, -0.25) is 4.79 Å². The van der Waals surface area contributed by atoms with Gasteiger partial charge in [-0.2, -0.15) is 0 Å². The van der Waals surface area contributed by atoms with E-state index < -0.39 is 0 Å². The predicted octanol–water partition coefficient (Wildman–Crippen LogP) is 2.21. The second-order valence-electron chi connectivity index (χ2n) is 4.51. The number of hydrogen-bond acceptors (Lipinski definition) is 1. The molecule has 0 saturated heterocycles. The van der Waals surface area contributed by atoms with Crippen LogP contribution >= 0.6 is 0 Å². The summed E-state index contributed by atoms with van der Waals surface area (Å²) >= 11 is 0. The highest BCUT2D eigenvalue weighted by molar-refractivity contribution is 5.99. The maximum atomic E-state index is 13.6. The molecule has 2 aromatic rings. The lowest BCUT2D eigenvalue weighted by Crippen LogP contribution is -2.27. The summed E-state index contributed by atoms with van der Waals surface area (Å²) in [5.74, 6) is -0.408. The zero-order chi connectivity index (χ0) is 12.0. The molecule has 0 spiro atoms. The van der Waals surface area contributed by atoms with Crippen molar-refractivity contribution >= 4 is 16.8 Å². The van der Waals surface area contributed by atoms with Crippen LogP contribution in [0.1, 0.15) is 23.3 Å². The van der Waals surface area contributed by atoms with Crippen molar-refractivity contribution in [2.24, 2.45) is 7.05 Å². The molecule has 88 valence electrons. The SMILES string of the molecule is Cn1c(C(=O)NC2CC2)cc2c(F)cccc21. The van der Waals surface area contributed by atoms with Gasteiger partial charge in [0.05, 0.1) is 5.52 Å². The van der Waals surface area contributed by atoms with Gasteiger partial charge in [0.25, 0.3) is 5.91 Å². The van der Waals surface area contributed by atoms with E-state index in [-0.39, 0.29) is 11.7 Å². The van der Waals surface area contributed by atoms with Crippen molar-refractivity contribution in [3.8, 4) is 0 Å². The topological polar surface area (TPSA) is 34.0 Å². The van der Waals surface area contributed by atoms with Crippen molar-refractivity contribution in [3.63, 3.8) is 0 Å². The fourth-order valence-electron chi connectivity index (χ4n) is 2.03. The molecule has 0 bridgehead atoms. The number of carbonyl (C=O) groups excluding carboxylic acids is 1. The molecule has 1 aliphatic carbocycles. The van der Waals surface area contributed by atoms with Gasteiger partial charge in [-0.15, -0.1) is 0 Å². The summed E-state index contributed by atoms with van der Waals surface area (Å²) in [6.07, 6.45) is 2.09. The van der Waals surface area contributed by atoms with E-state index in [2.05, 4.69) is 5.32 Å². The Bertz CT molecular complexity index is 599. The van der Waals surface area contributed by atoms with Crippen molar-refractivity contribution in [3.05, 3.63) is 35.8 Å². The van der Waals surface area contributed by atoms with Gasteiger partial charge in [0, 0.05) is 18.5 Å². The number of fused-ring (bicyclic) bond motifs is 1. The molecular weight excluding hydrogens is 219 g/mol. The zero-order valence-corrected chi connectivity index (χ0v) is 9.53. The van der Waals surface area contributed by atoms with Crippen LogP contribution in [-0.2, 0) is 7.05 Å². The molecule has 0 atom stereocenters. The third-order valence-electron chi connectivity index (χ3n) is 3.18. The molecule has 1 heterocycles. The number of halogens is 1. The number of benzene rings is 1. The van der Waals surface area contributed by atoms with E-state index in [0.717, 1.165) is 18.4 Å². The quantitative estimate of drug-likeness (QED) is 0.846. The van der Waals surface area contributed by atoms with Gasteiger partial charge in [0.15, 0.2) is 0 Å². The molecule has 1 amide bonds. The number of hydrogen-bond donors (Lipinski definition) is 1. The molecule has 0 aliphatic heterocycles. The highest BCUT2D eigenvalue weighted by atomic mass is 19.1. The Morgan fingerprint density at radius 1 is 1.47 bits per heavy atom. The number of nitrogens with one attached hydrogen (secondary N) is 1. The van der Waals surface area contributed by atoms with Crippen LogP contribution in [0.15, 0.2) is 24.3 Å². The number of amides is 1. The molecule has 17 heavy (non-hydrogen) atoms. The Morgan fingerprint density at radius 3 is 2.88 bits per heavy atom. The molecule has 3 nitrogen and oxygen atoms in total. The van der Waals surface area contributed by atoms with Crippen LogP contribution < -0.4 is 5.32 Å². The Kier molecular flexibility index (Phi) is 2.18. The summed E-state index contributed by atoms with van der Waals surface area (Å²) in [5.41, 5.74) is 1.25. The fourth-order valence-corrected chi connectivity index (χ4v) is 2.03. The van der Waals surface area contributed by atoms with Crippen molar-refractivity contribution < 1.29 is 9.18 Å². The standard InChI is InChI=1S/C13H13FN2O/c1-16-11-4-2-3-10(14)9(11)7-12(16)13(17)15-8-5-6-8/h2-4,7-8H,5-6H2,1H3,(H,15,17). The van der Waals surface area contributed by atoms with Gasteiger partial charge in [-0.25, -0.2) is 4.39 Å². The summed E-state index contributed by atoms with van der Waals surface area (Å²) in [7, 11) is 1.78. The third-order valence-corrected chi connectivity index (χ3v) is 3.18. The highest BCUT2D eigenvalue weighted by Gasteiger charge is 2.25. The van der Waals surface area contributed by atoms with Crippen LogP contribution in [0.3, 0.4) is 0 Å². The van der Waals surface area contributed by atoms with Crippen LogP contribution in [0, 0.1) is 5.82 Å². The van der Waals surface area contributed by atoms with Crippen LogP contribution in [0.4, 0.5) is 4.39 Å². The van der Waals surface area contributed by atoms with Gasteiger partial charge in [0.2, 0.25) is 0 Å². The van der Waals surface area contributed by atoms with Crippen molar-refractivity contribution in [2.75, 3.05) is 0 Å². The number of nitrogens with zero attached hydrogens (tertiary/aromatic N) is 1. The van der Waals surface area contributed by atoms with E-state index >= 15 is 0 Å². The molecule has 0 radical (unpaired) electrons. The van der Waals surface area contributed by atoms with Crippen LogP contribution in [0.25, 0.3) is 10.9 Å². The van der Waals surface area contributed by atoms with E-state index in [1.807, 2.05) is 6.07 Å². The summed E-state index contributed by atoms with van der Waals surface area (Å²) in [6, 6.07) is 6.80. The summed E-state index contributed by atoms with van der Waals surface area (Å²) in [5, 5.41) is 3.41. The van der Waals surface area contributed by atoms with Crippen molar-refractivity contribution in [1.29, 1.82) is 0 Å². The van der Waals surface area contributed by atoms with Gasteiger partial charge >= 0.3 is 0 Å². The smallest absolute Gasteiger partial charge is 0.268 e. The van der Waals surface area contributed by atoms with Gasteiger partial charge in [0.1, 0.15) is 11.5 Å². The lowest BCUT2D eigenvalue weighted by Gasteiger charge is -2.04. The molecule has 1 fully saturated rings. The number of rotatable bonds is 2. The minimum absolute atomic E-state index is 0.120. The summed E-state index contributed by atoms with van der Waals surface area (Å²) < 4.78 is 15.3. The number of aromatic nitrogens is 1. The van der Waals surface area contributed by atoms with Crippen LogP contribution in [0.2, 0.25) is 0 Å². The van der Waals surface area contributed by atoms with E-state index in [1.165, 1.54) is 6.07 Å². The molecule has 0 unspecified atom stereocenters. The molecule has 1 aliphatic rings. The molecular formula is C13H13FN2O. The Balaban J connectivity index is 2.07. The Hall–Kier alpha value is -1.84. The fraction of sp³-hybridized carbons (Fsp3) is 0.308. The summed E-state index contributed by atoms with van der Waals surface area (Å²) in [6.45, 7) is 0. The first-order valence-electron chi connectivity index (χ1n) is 5.71. The first kappa shape index (κ1) is 10.3.